The molecule has 1 aliphatic carbocycles. The average Bonchev–Trinajstić information content (AvgIpc) is 2.97. The van der Waals surface area contributed by atoms with Crippen molar-refractivity contribution in [3.8, 4) is 0 Å². The molecule has 7 heteroatoms. The number of nitrogens with zero attached hydrogens (tertiary/aromatic N) is 2. The van der Waals surface area contributed by atoms with Gasteiger partial charge in [0.1, 0.15) is 17.9 Å². The Kier molecular flexibility index (Phi) is 5.05. The van der Waals surface area contributed by atoms with Crippen molar-refractivity contribution < 1.29 is 18.8 Å². The zero-order valence-corrected chi connectivity index (χ0v) is 17.0. The number of halogens is 1. The van der Waals surface area contributed by atoms with E-state index in [1.54, 1.807) is 18.9 Å². The van der Waals surface area contributed by atoms with E-state index in [0.29, 0.717) is 5.56 Å². The van der Waals surface area contributed by atoms with E-state index in [4.69, 9.17) is 0 Å². The summed E-state index contributed by atoms with van der Waals surface area (Å²) < 4.78 is 13.3. The minimum atomic E-state index is -1.33. The Bertz CT molecular complexity index is 1010. The van der Waals surface area contributed by atoms with Gasteiger partial charge in [-0.05, 0) is 55.0 Å². The average molecular weight is 409 g/mol. The number of carbonyl (C=O) groups is 3. The first kappa shape index (κ1) is 20.1. The van der Waals surface area contributed by atoms with Crippen LogP contribution in [0.1, 0.15) is 42.5 Å². The van der Waals surface area contributed by atoms with Crippen molar-refractivity contribution in [1.29, 1.82) is 0 Å². The number of fused-ring (bicyclic) bond motifs is 1. The highest BCUT2D eigenvalue weighted by Gasteiger charge is 2.49. The third-order valence-electron chi connectivity index (χ3n) is 6.19. The van der Waals surface area contributed by atoms with E-state index in [9.17, 15) is 18.8 Å². The monoisotopic (exact) mass is 409 g/mol. The van der Waals surface area contributed by atoms with Crippen LogP contribution in [-0.4, -0.2) is 41.2 Å². The van der Waals surface area contributed by atoms with Crippen LogP contribution in [0.4, 0.5) is 9.18 Å². The normalized spacial score (nSPS) is 23.2. The Morgan fingerprint density at radius 2 is 1.90 bits per heavy atom. The highest BCUT2D eigenvalue weighted by atomic mass is 19.1. The number of hydrogen-bond donors (Lipinski definition) is 1. The maximum absolute atomic E-state index is 13.3. The quantitative estimate of drug-likeness (QED) is 0.789. The van der Waals surface area contributed by atoms with Crippen LogP contribution in [0, 0.1) is 5.82 Å². The lowest BCUT2D eigenvalue weighted by atomic mass is 9.87. The molecule has 0 aromatic heterocycles. The Balaban J connectivity index is 1.52. The predicted octanol–water partition coefficient (Wildman–Crippen LogP) is 3.13. The zero-order chi connectivity index (χ0) is 21.5. The van der Waals surface area contributed by atoms with Gasteiger partial charge in [0, 0.05) is 7.05 Å². The SMILES string of the molecule is CN(C(=O)CN1C(=O)NC(C)(c2ccc(F)cc2)C1=O)C1CCCc2ccccc21. The fourth-order valence-corrected chi connectivity index (χ4v) is 4.37. The van der Waals surface area contributed by atoms with Crippen LogP contribution in [-0.2, 0) is 21.5 Å². The van der Waals surface area contributed by atoms with Crippen LogP contribution in [0.3, 0.4) is 0 Å². The second-order valence-corrected chi connectivity index (χ2v) is 8.06. The first-order chi connectivity index (χ1) is 14.3. The van der Waals surface area contributed by atoms with Gasteiger partial charge in [0.25, 0.3) is 5.91 Å². The highest BCUT2D eigenvalue weighted by molar-refractivity contribution is 6.09. The van der Waals surface area contributed by atoms with Crippen molar-refractivity contribution in [1.82, 2.24) is 15.1 Å². The molecule has 6 nitrogen and oxygen atoms in total. The maximum atomic E-state index is 13.3. The van der Waals surface area contributed by atoms with Gasteiger partial charge in [-0.3, -0.25) is 14.5 Å². The number of carbonyl (C=O) groups excluding carboxylic acids is 3. The van der Waals surface area contributed by atoms with Crippen molar-refractivity contribution in [2.45, 2.75) is 37.8 Å². The molecule has 156 valence electrons. The summed E-state index contributed by atoms with van der Waals surface area (Å²) in [5.74, 6) is -1.26. The number of aryl methyl sites for hydroxylation is 1. The molecule has 1 N–H and O–H groups in total. The van der Waals surface area contributed by atoms with Crippen molar-refractivity contribution in [2.75, 3.05) is 13.6 Å². The lowest BCUT2D eigenvalue weighted by Crippen LogP contribution is -2.44. The molecule has 4 amide bonds. The maximum Gasteiger partial charge on any atom is 0.325 e. The van der Waals surface area contributed by atoms with E-state index >= 15 is 0 Å². The summed E-state index contributed by atoms with van der Waals surface area (Å²) in [6.07, 6.45) is 2.80. The van der Waals surface area contributed by atoms with Crippen molar-refractivity contribution in [2.24, 2.45) is 0 Å². The molecule has 2 aliphatic rings. The summed E-state index contributed by atoms with van der Waals surface area (Å²) in [5.41, 5.74) is 1.48. The van der Waals surface area contributed by atoms with Gasteiger partial charge in [-0.25, -0.2) is 9.18 Å². The van der Waals surface area contributed by atoms with Gasteiger partial charge in [0.2, 0.25) is 5.91 Å². The van der Waals surface area contributed by atoms with Gasteiger partial charge < -0.3 is 10.2 Å². The summed E-state index contributed by atoms with van der Waals surface area (Å²) in [6, 6.07) is 12.8. The molecule has 2 aromatic rings. The molecule has 1 aliphatic heterocycles. The largest absolute Gasteiger partial charge is 0.337 e. The smallest absolute Gasteiger partial charge is 0.325 e. The summed E-state index contributed by atoms with van der Waals surface area (Å²) in [7, 11) is 1.72. The summed E-state index contributed by atoms with van der Waals surface area (Å²) >= 11 is 0. The Morgan fingerprint density at radius 1 is 1.20 bits per heavy atom. The van der Waals surface area contributed by atoms with Crippen LogP contribution < -0.4 is 5.32 Å². The summed E-state index contributed by atoms with van der Waals surface area (Å²) in [5, 5.41) is 2.65. The van der Waals surface area contributed by atoms with Crippen molar-refractivity contribution >= 4 is 17.8 Å². The van der Waals surface area contributed by atoms with Crippen LogP contribution in [0.2, 0.25) is 0 Å². The predicted molar refractivity (Wildman–Crippen MR) is 109 cm³/mol. The molecule has 4 rings (SSSR count). The van der Waals surface area contributed by atoms with Gasteiger partial charge in [-0.15, -0.1) is 0 Å². The molecule has 0 radical (unpaired) electrons. The molecule has 1 saturated heterocycles. The van der Waals surface area contributed by atoms with E-state index < -0.39 is 23.3 Å². The van der Waals surface area contributed by atoms with E-state index in [1.165, 1.54) is 29.8 Å². The number of amides is 4. The number of urea groups is 1. The fraction of sp³-hybridized carbons (Fsp3) is 0.348. The molecule has 1 fully saturated rings. The minimum Gasteiger partial charge on any atom is -0.337 e. The number of hydrogen-bond acceptors (Lipinski definition) is 3. The van der Waals surface area contributed by atoms with E-state index in [1.807, 2.05) is 18.2 Å². The molecule has 2 unspecified atom stereocenters. The van der Waals surface area contributed by atoms with E-state index in [2.05, 4.69) is 11.4 Å². The van der Waals surface area contributed by atoms with Crippen molar-refractivity contribution in [3.05, 3.63) is 71.0 Å². The lowest BCUT2D eigenvalue weighted by Gasteiger charge is -2.34. The van der Waals surface area contributed by atoms with E-state index in [-0.39, 0.29) is 18.5 Å². The summed E-state index contributed by atoms with van der Waals surface area (Å²) in [4.78, 5) is 41.1. The molecule has 0 bridgehead atoms. The third kappa shape index (κ3) is 3.34. The molecule has 2 atom stereocenters. The number of imide groups is 1. The van der Waals surface area contributed by atoms with Gasteiger partial charge >= 0.3 is 6.03 Å². The molecule has 2 aromatic carbocycles. The number of likely N-dealkylation sites (N-methyl/N-ethyl adjacent to an activating group) is 1. The second-order valence-electron chi connectivity index (χ2n) is 8.06. The minimum absolute atomic E-state index is 0.0771. The highest BCUT2D eigenvalue weighted by Crippen LogP contribution is 2.34. The second kappa shape index (κ2) is 7.55. The molecule has 30 heavy (non-hydrogen) atoms. The molecular formula is C23H24FN3O3. The third-order valence-corrected chi connectivity index (χ3v) is 6.19. The van der Waals surface area contributed by atoms with Gasteiger partial charge in [0.15, 0.2) is 0 Å². The number of nitrogens with one attached hydrogen (secondary N) is 1. The zero-order valence-electron chi connectivity index (χ0n) is 17.0. The topological polar surface area (TPSA) is 69.7 Å². The first-order valence-corrected chi connectivity index (χ1v) is 10.0. The first-order valence-electron chi connectivity index (χ1n) is 10.0. The fourth-order valence-electron chi connectivity index (χ4n) is 4.37. The van der Waals surface area contributed by atoms with Crippen LogP contribution in [0.25, 0.3) is 0 Å². The van der Waals surface area contributed by atoms with Crippen LogP contribution >= 0.6 is 0 Å². The molecule has 0 saturated carbocycles. The number of benzene rings is 2. The standard InChI is InChI=1S/C23H24FN3O3/c1-23(16-10-12-17(24)13-11-16)21(29)27(22(30)25-23)14-20(28)26(2)19-9-5-7-15-6-3-4-8-18(15)19/h3-4,6,8,10-13,19H,5,7,9,14H2,1-2H3,(H,25,30). The molecular weight excluding hydrogens is 385 g/mol. The van der Waals surface area contributed by atoms with Gasteiger partial charge in [-0.1, -0.05) is 36.4 Å². The molecule has 1 heterocycles. The number of rotatable bonds is 4. The summed E-state index contributed by atoms with van der Waals surface area (Å²) in [6.45, 7) is 1.22. The molecule has 0 spiro atoms. The van der Waals surface area contributed by atoms with Gasteiger partial charge in [0.05, 0.1) is 6.04 Å². The van der Waals surface area contributed by atoms with Gasteiger partial charge in [-0.2, -0.15) is 0 Å². The van der Waals surface area contributed by atoms with E-state index in [0.717, 1.165) is 29.7 Å². The Labute approximate surface area is 174 Å². The lowest BCUT2D eigenvalue weighted by molar-refractivity contribution is -0.139. The van der Waals surface area contributed by atoms with Crippen LogP contribution in [0.5, 0.6) is 0 Å². The Morgan fingerprint density at radius 3 is 2.63 bits per heavy atom. The Hall–Kier alpha value is -3.22. The van der Waals surface area contributed by atoms with Crippen molar-refractivity contribution in [3.63, 3.8) is 0 Å². The van der Waals surface area contributed by atoms with Crippen LogP contribution in [0.15, 0.2) is 48.5 Å².